The first-order chi connectivity index (χ1) is 14.8. The first-order valence-corrected chi connectivity index (χ1v) is 10.9. The molecule has 6 nitrogen and oxygen atoms in total. The summed E-state index contributed by atoms with van der Waals surface area (Å²) in [4.78, 5) is 20.1. The molecular weight excluding hydrogens is 378 g/mol. The summed E-state index contributed by atoms with van der Waals surface area (Å²) in [5.41, 5.74) is 3.14. The molecule has 0 bridgehead atoms. The summed E-state index contributed by atoms with van der Waals surface area (Å²) in [5, 5.41) is 5.14. The van der Waals surface area contributed by atoms with Gasteiger partial charge in [0, 0.05) is 45.8 Å². The molecule has 2 aliphatic rings. The zero-order valence-electron chi connectivity index (χ0n) is 17.5. The van der Waals surface area contributed by atoms with E-state index < -0.39 is 0 Å². The number of benzene rings is 2. The maximum Gasteiger partial charge on any atom is 0.357 e. The van der Waals surface area contributed by atoms with Gasteiger partial charge in [-0.3, -0.25) is 4.90 Å². The van der Waals surface area contributed by atoms with Gasteiger partial charge in [0.05, 0.1) is 18.3 Å². The SMILES string of the molecule is O=C(ON1CCC(OCc2ccc(CN3CCNCC3)cc2)CC1)c1ccccc1. The lowest BCUT2D eigenvalue weighted by Crippen LogP contribution is -2.42. The second-order valence-corrected chi connectivity index (χ2v) is 8.03. The third kappa shape index (κ3) is 6.12. The predicted octanol–water partition coefficient (Wildman–Crippen LogP) is 2.84. The third-order valence-electron chi connectivity index (χ3n) is 5.75. The maximum atomic E-state index is 12.2. The lowest BCUT2D eigenvalue weighted by atomic mass is 10.1. The van der Waals surface area contributed by atoms with Gasteiger partial charge in [-0.25, -0.2) is 4.79 Å². The van der Waals surface area contributed by atoms with Gasteiger partial charge in [-0.1, -0.05) is 42.5 Å². The molecule has 6 heteroatoms. The highest BCUT2D eigenvalue weighted by Gasteiger charge is 2.23. The van der Waals surface area contributed by atoms with Crippen LogP contribution >= 0.6 is 0 Å². The Morgan fingerprint density at radius 3 is 2.27 bits per heavy atom. The van der Waals surface area contributed by atoms with Gasteiger partial charge in [-0.05, 0) is 36.1 Å². The highest BCUT2D eigenvalue weighted by molar-refractivity contribution is 5.89. The Morgan fingerprint density at radius 2 is 1.57 bits per heavy atom. The molecule has 4 rings (SSSR count). The fourth-order valence-electron chi connectivity index (χ4n) is 3.92. The topological polar surface area (TPSA) is 54.0 Å². The highest BCUT2D eigenvalue weighted by atomic mass is 16.7. The number of carbonyl (C=O) groups is 1. The van der Waals surface area contributed by atoms with Gasteiger partial charge in [0.15, 0.2) is 0 Å². The monoisotopic (exact) mass is 409 g/mol. The van der Waals surface area contributed by atoms with Gasteiger partial charge in [-0.15, -0.1) is 5.06 Å². The van der Waals surface area contributed by atoms with Gasteiger partial charge in [0.1, 0.15) is 0 Å². The average Bonchev–Trinajstić information content (AvgIpc) is 2.81. The molecule has 2 fully saturated rings. The Morgan fingerprint density at radius 1 is 0.900 bits per heavy atom. The largest absolute Gasteiger partial charge is 0.373 e. The van der Waals surface area contributed by atoms with Crippen LogP contribution in [-0.2, 0) is 22.7 Å². The van der Waals surface area contributed by atoms with Gasteiger partial charge in [-0.2, -0.15) is 0 Å². The summed E-state index contributed by atoms with van der Waals surface area (Å²) in [7, 11) is 0. The molecule has 0 spiro atoms. The van der Waals surface area contributed by atoms with E-state index >= 15 is 0 Å². The van der Waals surface area contributed by atoms with Crippen molar-refractivity contribution < 1.29 is 14.4 Å². The fraction of sp³-hybridized carbons (Fsp3) is 0.458. The van der Waals surface area contributed by atoms with Crippen LogP contribution in [0.3, 0.4) is 0 Å². The molecule has 1 N–H and O–H groups in total. The van der Waals surface area contributed by atoms with E-state index in [4.69, 9.17) is 9.57 Å². The normalized spacial score (nSPS) is 18.9. The van der Waals surface area contributed by atoms with Crippen LogP contribution in [0.25, 0.3) is 0 Å². The molecule has 0 aromatic heterocycles. The number of hydrogen-bond acceptors (Lipinski definition) is 6. The molecule has 2 aromatic rings. The quantitative estimate of drug-likeness (QED) is 0.759. The Kier molecular flexibility index (Phi) is 7.48. The molecule has 0 atom stereocenters. The number of ether oxygens (including phenoxy) is 1. The molecule has 2 heterocycles. The van der Waals surface area contributed by atoms with Crippen molar-refractivity contribution in [2.75, 3.05) is 39.3 Å². The Labute approximate surface area is 178 Å². The fourth-order valence-corrected chi connectivity index (χ4v) is 3.92. The van der Waals surface area contributed by atoms with Gasteiger partial charge in [0.25, 0.3) is 0 Å². The van der Waals surface area contributed by atoms with E-state index in [1.54, 1.807) is 17.2 Å². The first-order valence-electron chi connectivity index (χ1n) is 10.9. The standard InChI is InChI=1S/C24H31N3O3/c28-24(22-4-2-1-3-5-22)30-27-14-10-23(11-15-27)29-19-21-8-6-20(7-9-21)18-26-16-12-25-13-17-26/h1-9,23,25H,10-19H2. The maximum absolute atomic E-state index is 12.2. The summed E-state index contributed by atoms with van der Waals surface area (Å²) < 4.78 is 6.11. The summed E-state index contributed by atoms with van der Waals surface area (Å²) in [5.74, 6) is -0.295. The van der Waals surface area contributed by atoms with Crippen LogP contribution < -0.4 is 5.32 Å². The summed E-state index contributed by atoms with van der Waals surface area (Å²) >= 11 is 0. The molecule has 2 aliphatic heterocycles. The number of nitrogens with one attached hydrogen (secondary N) is 1. The van der Waals surface area contributed by atoms with E-state index in [2.05, 4.69) is 34.5 Å². The van der Waals surface area contributed by atoms with E-state index in [1.165, 1.54) is 11.1 Å². The second-order valence-electron chi connectivity index (χ2n) is 8.03. The minimum absolute atomic E-state index is 0.206. The van der Waals surface area contributed by atoms with Crippen LogP contribution in [0.1, 0.15) is 34.3 Å². The van der Waals surface area contributed by atoms with Gasteiger partial charge >= 0.3 is 5.97 Å². The molecule has 2 saturated heterocycles. The predicted molar refractivity (Wildman–Crippen MR) is 116 cm³/mol. The summed E-state index contributed by atoms with van der Waals surface area (Å²) in [6.45, 7) is 7.44. The van der Waals surface area contributed by atoms with Crippen molar-refractivity contribution in [2.45, 2.75) is 32.1 Å². The Hall–Kier alpha value is -2.25. The Balaban J connectivity index is 1.16. The minimum Gasteiger partial charge on any atom is -0.373 e. The van der Waals surface area contributed by atoms with Crippen LogP contribution in [-0.4, -0.2) is 61.3 Å². The number of rotatable bonds is 7. The van der Waals surface area contributed by atoms with Gasteiger partial charge in [0.2, 0.25) is 0 Å². The van der Waals surface area contributed by atoms with E-state index in [1.807, 2.05) is 18.2 Å². The Bertz CT molecular complexity index is 783. The number of piperazine rings is 1. The molecule has 0 saturated carbocycles. The van der Waals surface area contributed by atoms with Gasteiger partial charge < -0.3 is 14.9 Å². The molecule has 0 unspecified atom stereocenters. The third-order valence-corrected chi connectivity index (χ3v) is 5.75. The van der Waals surface area contributed by atoms with Crippen LogP contribution in [0.5, 0.6) is 0 Å². The minimum atomic E-state index is -0.295. The lowest BCUT2D eigenvalue weighted by Gasteiger charge is -2.30. The highest BCUT2D eigenvalue weighted by Crippen LogP contribution is 2.17. The summed E-state index contributed by atoms with van der Waals surface area (Å²) in [6, 6.07) is 17.9. The van der Waals surface area contributed by atoms with Crippen molar-refractivity contribution in [1.29, 1.82) is 0 Å². The van der Waals surface area contributed by atoms with E-state index in [-0.39, 0.29) is 12.1 Å². The molecular formula is C24H31N3O3. The number of hydroxylamine groups is 2. The van der Waals surface area contributed by atoms with Crippen LogP contribution in [0.15, 0.2) is 54.6 Å². The second kappa shape index (κ2) is 10.7. The molecule has 160 valence electrons. The molecule has 30 heavy (non-hydrogen) atoms. The lowest BCUT2D eigenvalue weighted by molar-refractivity contribution is -0.141. The van der Waals surface area contributed by atoms with Crippen molar-refractivity contribution >= 4 is 5.97 Å². The molecule has 0 aliphatic carbocycles. The zero-order valence-corrected chi connectivity index (χ0v) is 17.5. The smallest absolute Gasteiger partial charge is 0.357 e. The van der Waals surface area contributed by atoms with Crippen LogP contribution in [0.2, 0.25) is 0 Å². The van der Waals surface area contributed by atoms with Crippen molar-refractivity contribution in [2.24, 2.45) is 0 Å². The number of hydrogen-bond donors (Lipinski definition) is 1. The van der Waals surface area contributed by atoms with Crippen LogP contribution in [0, 0.1) is 0 Å². The molecule has 0 amide bonds. The number of carbonyl (C=O) groups excluding carboxylic acids is 1. The van der Waals surface area contributed by atoms with Crippen LogP contribution in [0.4, 0.5) is 0 Å². The number of piperidine rings is 1. The molecule has 2 aromatic carbocycles. The van der Waals surface area contributed by atoms with Crippen molar-refractivity contribution in [3.8, 4) is 0 Å². The van der Waals surface area contributed by atoms with E-state index in [0.29, 0.717) is 25.3 Å². The van der Waals surface area contributed by atoms with E-state index in [9.17, 15) is 4.79 Å². The van der Waals surface area contributed by atoms with Crippen molar-refractivity contribution in [3.05, 3.63) is 71.3 Å². The average molecular weight is 410 g/mol. The zero-order chi connectivity index (χ0) is 20.6. The first kappa shape index (κ1) is 21.0. The van der Waals surface area contributed by atoms with Crippen molar-refractivity contribution in [3.63, 3.8) is 0 Å². The summed E-state index contributed by atoms with van der Waals surface area (Å²) in [6.07, 6.45) is 1.93. The van der Waals surface area contributed by atoms with Crippen molar-refractivity contribution in [1.82, 2.24) is 15.3 Å². The van der Waals surface area contributed by atoms with E-state index in [0.717, 1.165) is 45.6 Å². The number of nitrogens with zero attached hydrogens (tertiary/aromatic N) is 2. The molecule has 0 radical (unpaired) electrons.